The minimum absolute atomic E-state index is 0.219. The van der Waals surface area contributed by atoms with Crippen molar-refractivity contribution >= 4 is 35.0 Å². The molecule has 24 heavy (non-hydrogen) atoms. The van der Waals surface area contributed by atoms with E-state index in [0.29, 0.717) is 23.6 Å². The van der Waals surface area contributed by atoms with Gasteiger partial charge in [-0.2, -0.15) is 0 Å². The zero-order valence-corrected chi connectivity index (χ0v) is 13.8. The van der Waals surface area contributed by atoms with Crippen LogP contribution in [0.25, 0.3) is 6.08 Å². The fourth-order valence-corrected chi connectivity index (χ4v) is 2.71. The first-order valence-electron chi connectivity index (χ1n) is 7.45. The van der Waals surface area contributed by atoms with Crippen LogP contribution in [0.15, 0.2) is 54.2 Å². The molecule has 1 aliphatic rings. The van der Waals surface area contributed by atoms with Crippen molar-refractivity contribution in [3.63, 3.8) is 0 Å². The fourth-order valence-electron chi connectivity index (χ4n) is 2.42. The van der Waals surface area contributed by atoms with Crippen LogP contribution in [0, 0.1) is 5.82 Å². The number of nitrogens with zero attached hydrogens (tertiary/aromatic N) is 1. The summed E-state index contributed by atoms with van der Waals surface area (Å²) < 4.78 is 19.4. The quantitative estimate of drug-likeness (QED) is 0.682. The van der Waals surface area contributed by atoms with Crippen LogP contribution in [0.3, 0.4) is 0 Å². The molecule has 1 N–H and O–H groups in total. The highest BCUT2D eigenvalue weighted by Crippen LogP contribution is 2.31. The Morgan fingerprint density at radius 1 is 1.21 bits per heavy atom. The van der Waals surface area contributed by atoms with Crippen molar-refractivity contribution in [2.24, 2.45) is 0 Å². The fraction of sp³-hybridized carbons (Fsp3) is 0.111. The Balaban J connectivity index is 1.97. The van der Waals surface area contributed by atoms with Gasteiger partial charge in [-0.05, 0) is 43.4 Å². The van der Waals surface area contributed by atoms with E-state index >= 15 is 0 Å². The van der Waals surface area contributed by atoms with E-state index in [0.717, 1.165) is 0 Å². The summed E-state index contributed by atoms with van der Waals surface area (Å²) in [5.41, 5.74) is 1.09. The zero-order chi connectivity index (χ0) is 17.1. The predicted molar refractivity (Wildman–Crippen MR) is 95.2 cm³/mol. The Bertz CT molecular complexity index is 835. The van der Waals surface area contributed by atoms with Gasteiger partial charge in [-0.25, -0.2) is 9.29 Å². The third-order valence-corrected chi connectivity index (χ3v) is 3.77. The maximum absolute atomic E-state index is 13.8. The molecule has 0 aromatic heterocycles. The first kappa shape index (κ1) is 16.1. The van der Waals surface area contributed by atoms with Gasteiger partial charge in [0.15, 0.2) is 5.11 Å². The molecule has 1 saturated heterocycles. The number of carbonyl (C=O) groups is 1. The molecule has 6 heteroatoms. The minimum atomic E-state index is -0.404. The van der Waals surface area contributed by atoms with Gasteiger partial charge in [-0.15, -0.1) is 0 Å². The maximum Gasteiger partial charge on any atom is 0.281 e. The van der Waals surface area contributed by atoms with Crippen LogP contribution in [0.2, 0.25) is 0 Å². The van der Waals surface area contributed by atoms with Crippen molar-refractivity contribution in [3.05, 3.63) is 65.6 Å². The highest BCUT2D eigenvalue weighted by molar-refractivity contribution is 7.80. The monoisotopic (exact) mass is 342 g/mol. The Morgan fingerprint density at radius 2 is 1.92 bits per heavy atom. The summed E-state index contributed by atoms with van der Waals surface area (Å²) in [5.74, 6) is -0.196. The highest BCUT2D eigenvalue weighted by Gasteiger charge is 2.33. The maximum atomic E-state index is 13.8. The predicted octanol–water partition coefficient (Wildman–Crippen LogP) is 3.49. The molecule has 1 fully saturated rings. The van der Waals surface area contributed by atoms with E-state index in [1.54, 1.807) is 36.4 Å². The SMILES string of the molecule is CCOc1ccccc1N1C(=O)/C(=C\c2ccccc2F)NC1=S. The second kappa shape index (κ2) is 6.80. The van der Waals surface area contributed by atoms with Gasteiger partial charge in [0.05, 0.1) is 12.3 Å². The number of anilines is 1. The van der Waals surface area contributed by atoms with Crippen molar-refractivity contribution in [2.45, 2.75) is 6.92 Å². The molecule has 1 aliphatic heterocycles. The van der Waals surface area contributed by atoms with Crippen LogP contribution in [0.5, 0.6) is 5.75 Å². The van der Waals surface area contributed by atoms with Crippen molar-refractivity contribution in [3.8, 4) is 5.75 Å². The molecule has 122 valence electrons. The number of ether oxygens (including phenoxy) is 1. The number of hydrogen-bond donors (Lipinski definition) is 1. The Kier molecular flexibility index (Phi) is 4.57. The van der Waals surface area contributed by atoms with Gasteiger partial charge in [-0.1, -0.05) is 30.3 Å². The van der Waals surface area contributed by atoms with Crippen LogP contribution in [0.4, 0.5) is 10.1 Å². The second-order valence-corrected chi connectivity index (χ2v) is 5.44. The molecular weight excluding hydrogens is 327 g/mol. The molecule has 0 radical (unpaired) electrons. The summed E-state index contributed by atoms with van der Waals surface area (Å²) in [6, 6.07) is 13.4. The van der Waals surface area contributed by atoms with Crippen molar-refractivity contribution < 1.29 is 13.9 Å². The lowest BCUT2D eigenvalue weighted by Gasteiger charge is -2.17. The van der Waals surface area contributed by atoms with Crippen molar-refractivity contribution in [1.29, 1.82) is 0 Å². The van der Waals surface area contributed by atoms with Gasteiger partial charge in [-0.3, -0.25) is 4.79 Å². The third-order valence-electron chi connectivity index (χ3n) is 3.49. The molecule has 2 aromatic rings. The lowest BCUT2D eigenvalue weighted by atomic mass is 10.1. The zero-order valence-electron chi connectivity index (χ0n) is 13.0. The summed E-state index contributed by atoms with van der Waals surface area (Å²) in [6.07, 6.45) is 1.45. The molecular formula is C18H15FN2O2S. The average molecular weight is 342 g/mol. The van der Waals surface area contributed by atoms with Gasteiger partial charge >= 0.3 is 0 Å². The smallest absolute Gasteiger partial charge is 0.281 e. The Hall–Kier alpha value is -2.73. The Morgan fingerprint density at radius 3 is 2.67 bits per heavy atom. The van der Waals surface area contributed by atoms with E-state index in [9.17, 15) is 9.18 Å². The average Bonchev–Trinajstić information content (AvgIpc) is 2.85. The number of rotatable bonds is 4. The summed E-state index contributed by atoms with van der Waals surface area (Å²) >= 11 is 5.27. The standard InChI is InChI=1S/C18H15FN2O2S/c1-2-23-16-10-6-5-9-15(16)21-17(22)14(20-18(21)24)11-12-7-3-4-8-13(12)19/h3-11H,2H2,1H3,(H,20,24)/b14-11+. The van der Waals surface area contributed by atoms with Gasteiger partial charge in [0.1, 0.15) is 17.3 Å². The van der Waals surface area contributed by atoms with E-state index in [1.807, 2.05) is 13.0 Å². The van der Waals surface area contributed by atoms with Crippen LogP contribution >= 0.6 is 12.2 Å². The number of hydrogen-bond acceptors (Lipinski definition) is 3. The molecule has 1 amide bonds. The summed E-state index contributed by atoms with van der Waals surface area (Å²) in [7, 11) is 0. The Labute approximate surface area is 144 Å². The van der Waals surface area contributed by atoms with Gasteiger partial charge < -0.3 is 10.1 Å². The molecule has 2 aromatic carbocycles. The third kappa shape index (κ3) is 3.00. The molecule has 0 atom stereocenters. The summed E-state index contributed by atoms with van der Waals surface area (Å²) in [6.45, 7) is 2.33. The molecule has 0 aliphatic carbocycles. The van der Waals surface area contributed by atoms with Crippen LogP contribution < -0.4 is 15.0 Å². The number of halogens is 1. The van der Waals surface area contributed by atoms with Gasteiger partial charge in [0, 0.05) is 5.56 Å². The first-order valence-corrected chi connectivity index (χ1v) is 7.86. The van der Waals surface area contributed by atoms with E-state index in [1.165, 1.54) is 17.0 Å². The van der Waals surface area contributed by atoms with E-state index < -0.39 is 5.82 Å². The molecule has 0 saturated carbocycles. The van der Waals surface area contributed by atoms with E-state index in [2.05, 4.69) is 5.32 Å². The number of thiocarbonyl (C=S) groups is 1. The molecule has 0 bridgehead atoms. The highest BCUT2D eigenvalue weighted by atomic mass is 32.1. The lowest BCUT2D eigenvalue weighted by molar-refractivity contribution is -0.113. The summed E-state index contributed by atoms with van der Waals surface area (Å²) in [5, 5.41) is 3.08. The van der Waals surface area contributed by atoms with Crippen LogP contribution in [0.1, 0.15) is 12.5 Å². The largest absolute Gasteiger partial charge is 0.492 e. The number of nitrogens with one attached hydrogen (secondary N) is 1. The topological polar surface area (TPSA) is 41.6 Å². The number of carbonyl (C=O) groups excluding carboxylic acids is 1. The van der Waals surface area contributed by atoms with Crippen molar-refractivity contribution in [2.75, 3.05) is 11.5 Å². The lowest BCUT2D eigenvalue weighted by Crippen LogP contribution is -2.30. The van der Waals surface area contributed by atoms with Gasteiger partial charge in [0.2, 0.25) is 0 Å². The van der Waals surface area contributed by atoms with Crippen molar-refractivity contribution in [1.82, 2.24) is 5.32 Å². The molecule has 4 nitrogen and oxygen atoms in total. The second-order valence-electron chi connectivity index (χ2n) is 5.05. The van der Waals surface area contributed by atoms with Gasteiger partial charge in [0.25, 0.3) is 5.91 Å². The number of para-hydroxylation sites is 2. The molecule has 1 heterocycles. The number of benzene rings is 2. The van der Waals surface area contributed by atoms with Crippen LogP contribution in [-0.2, 0) is 4.79 Å². The summed E-state index contributed by atoms with van der Waals surface area (Å²) in [4.78, 5) is 14.1. The minimum Gasteiger partial charge on any atom is -0.492 e. The van der Waals surface area contributed by atoms with E-state index in [4.69, 9.17) is 17.0 Å². The first-order chi connectivity index (χ1) is 11.6. The molecule has 3 rings (SSSR count). The number of amides is 1. The van der Waals surface area contributed by atoms with Crippen LogP contribution in [-0.4, -0.2) is 17.6 Å². The molecule has 0 unspecified atom stereocenters. The normalized spacial score (nSPS) is 15.8. The van der Waals surface area contributed by atoms with E-state index in [-0.39, 0.29) is 16.7 Å². The molecule has 0 spiro atoms.